The number of carbonyl (C=O) groups is 1. The lowest BCUT2D eigenvalue weighted by Gasteiger charge is -2.29. The molecule has 1 fully saturated rings. The van der Waals surface area contributed by atoms with Gasteiger partial charge in [0.25, 0.3) is 5.91 Å². The molecule has 0 atom stereocenters. The van der Waals surface area contributed by atoms with Gasteiger partial charge >= 0.3 is 6.36 Å². The largest absolute Gasteiger partial charge is 0.573 e. The number of aromatic amines is 1. The highest BCUT2D eigenvalue weighted by atomic mass is 19.4. The number of hydrogen-bond donors (Lipinski definition) is 2. The number of aromatic nitrogens is 2. The highest BCUT2D eigenvalue weighted by Gasteiger charge is 2.31. The number of pyridine rings is 1. The van der Waals surface area contributed by atoms with Crippen LogP contribution in [0.4, 0.5) is 17.6 Å². The van der Waals surface area contributed by atoms with Crippen molar-refractivity contribution in [1.82, 2.24) is 15.3 Å². The zero-order valence-corrected chi connectivity index (χ0v) is 20.7. The average Bonchev–Trinajstić information content (AvgIpc) is 3.28. The van der Waals surface area contributed by atoms with Crippen molar-refractivity contribution >= 4 is 16.8 Å². The molecule has 0 unspecified atom stereocenters. The molecule has 0 aliphatic heterocycles. The van der Waals surface area contributed by atoms with Crippen LogP contribution in [0.3, 0.4) is 0 Å². The number of rotatable bonds is 6. The van der Waals surface area contributed by atoms with Crippen molar-refractivity contribution in [3.05, 3.63) is 83.4 Å². The Balaban J connectivity index is 1.20. The van der Waals surface area contributed by atoms with E-state index in [4.69, 9.17) is 0 Å². The smallest absolute Gasteiger partial charge is 0.406 e. The number of ether oxygens (including phenoxy) is 1. The highest BCUT2D eigenvalue weighted by Crippen LogP contribution is 2.38. The molecule has 1 aliphatic rings. The summed E-state index contributed by atoms with van der Waals surface area (Å²) in [5.41, 5.74) is 4.24. The van der Waals surface area contributed by atoms with Crippen molar-refractivity contribution < 1.29 is 27.1 Å². The van der Waals surface area contributed by atoms with Crippen molar-refractivity contribution in [2.45, 2.75) is 44.9 Å². The summed E-state index contributed by atoms with van der Waals surface area (Å²) in [6.45, 7) is 2.34. The lowest BCUT2D eigenvalue weighted by Crippen LogP contribution is -2.31. The molecule has 198 valence electrons. The minimum absolute atomic E-state index is 0.238. The van der Waals surface area contributed by atoms with Crippen LogP contribution < -0.4 is 10.1 Å². The first kappa shape index (κ1) is 25.8. The predicted molar refractivity (Wildman–Crippen MR) is 136 cm³/mol. The lowest BCUT2D eigenvalue weighted by molar-refractivity contribution is -0.274. The van der Waals surface area contributed by atoms with Crippen molar-refractivity contribution in [1.29, 1.82) is 0 Å². The van der Waals surface area contributed by atoms with Gasteiger partial charge in [0, 0.05) is 23.8 Å². The zero-order valence-electron chi connectivity index (χ0n) is 20.7. The third kappa shape index (κ3) is 5.82. The molecule has 0 spiro atoms. The van der Waals surface area contributed by atoms with Crippen LogP contribution in [0.1, 0.15) is 53.2 Å². The Morgan fingerprint density at radius 2 is 1.79 bits per heavy atom. The van der Waals surface area contributed by atoms with Crippen molar-refractivity contribution in [3.63, 3.8) is 0 Å². The summed E-state index contributed by atoms with van der Waals surface area (Å²) < 4.78 is 55.2. The Morgan fingerprint density at radius 1 is 1.05 bits per heavy atom. The Hall–Kier alpha value is -3.88. The number of nitrogens with one attached hydrogen (secondary N) is 2. The summed E-state index contributed by atoms with van der Waals surface area (Å²) in [4.78, 5) is 20.6. The van der Waals surface area contributed by atoms with E-state index in [1.54, 1.807) is 24.4 Å². The zero-order chi connectivity index (χ0) is 26.9. The van der Waals surface area contributed by atoms with Gasteiger partial charge in [0.05, 0.1) is 16.8 Å². The molecule has 0 radical (unpaired) electrons. The Labute approximate surface area is 217 Å². The lowest BCUT2D eigenvalue weighted by atomic mass is 9.78. The van der Waals surface area contributed by atoms with Crippen LogP contribution in [0.25, 0.3) is 22.2 Å². The predicted octanol–water partition coefficient (Wildman–Crippen LogP) is 7.28. The topological polar surface area (TPSA) is 67.0 Å². The van der Waals surface area contributed by atoms with Gasteiger partial charge in [-0.25, -0.2) is 4.39 Å². The van der Waals surface area contributed by atoms with Gasteiger partial charge < -0.3 is 15.0 Å². The standard InChI is InChI=1S/C29H27F4N3O2/c1-17-14-25(27(36-17)20-6-9-22(10-7-20)38-29(31,32)33)28(37)35-16-18-2-4-19(5-3-18)23-12-13-34-26-11-8-21(30)15-24(23)26/h6-15,18-19,36H,2-5,16H2,1H3,(H,35,37). The van der Waals surface area contributed by atoms with Crippen LogP contribution in [0, 0.1) is 18.7 Å². The van der Waals surface area contributed by atoms with Crippen LogP contribution in [-0.4, -0.2) is 28.8 Å². The second kappa shape index (κ2) is 10.5. The summed E-state index contributed by atoms with van der Waals surface area (Å²) in [7, 11) is 0. The molecule has 2 aromatic heterocycles. The molecule has 0 saturated heterocycles. The van der Waals surface area contributed by atoms with E-state index in [1.165, 1.54) is 30.3 Å². The maximum absolute atomic E-state index is 13.9. The Morgan fingerprint density at radius 3 is 2.50 bits per heavy atom. The van der Waals surface area contributed by atoms with E-state index in [2.05, 4.69) is 20.0 Å². The van der Waals surface area contributed by atoms with Crippen LogP contribution in [0.15, 0.2) is 60.8 Å². The molecule has 5 nitrogen and oxygen atoms in total. The quantitative estimate of drug-likeness (QED) is 0.260. The molecule has 1 amide bonds. The van der Waals surface area contributed by atoms with Gasteiger partial charge in [-0.1, -0.05) is 0 Å². The monoisotopic (exact) mass is 525 g/mol. The summed E-state index contributed by atoms with van der Waals surface area (Å²) in [5.74, 6) is -0.193. The van der Waals surface area contributed by atoms with Crippen molar-refractivity contribution in [2.75, 3.05) is 6.54 Å². The molecule has 0 bridgehead atoms. The van der Waals surface area contributed by atoms with E-state index in [-0.39, 0.29) is 17.5 Å². The third-order valence-corrected chi connectivity index (χ3v) is 7.15. The normalized spacial score (nSPS) is 17.9. The molecule has 9 heteroatoms. The molecule has 4 aromatic rings. The molecule has 1 aliphatic carbocycles. The molecular formula is C29H27F4N3O2. The van der Waals surface area contributed by atoms with Crippen LogP contribution in [-0.2, 0) is 0 Å². The number of alkyl halides is 3. The number of hydrogen-bond acceptors (Lipinski definition) is 3. The highest BCUT2D eigenvalue weighted by molar-refractivity contribution is 6.00. The maximum Gasteiger partial charge on any atom is 0.573 e. The molecule has 1 saturated carbocycles. The number of nitrogens with zero attached hydrogens (tertiary/aromatic N) is 1. The van der Waals surface area contributed by atoms with E-state index in [0.717, 1.165) is 47.8 Å². The van der Waals surface area contributed by atoms with Gasteiger partial charge in [-0.3, -0.25) is 9.78 Å². The van der Waals surface area contributed by atoms with Crippen LogP contribution in [0.2, 0.25) is 0 Å². The number of halogens is 4. The summed E-state index contributed by atoms with van der Waals surface area (Å²) >= 11 is 0. The first-order valence-corrected chi connectivity index (χ1v) is 12.5. The molecule has 5 rings (SSSR count). The maximum atomic E-state index is 13.9. The molecular weight excluding hydrogens is 498 g/mol. The van der Waals surface area contributed by atoms with Crippen molar-refractivity contribution in [3.8, 4) is 17.0 Å². The fourth-order valence-corrected chi connectivity index (χ4v) is 5.32. The fraction of sp³-hybridized carbons (Fsp3) is 0.310. The van der Waals surface area contributed by atoms with E-state index in [1.807, 2.05) is 13.0 Å². The summed E-state index contributed by atoms with van der Waals surface area (Å²) in [5, 5.41) is 3.89. The SMILES string of the molecule is Cc1cc(C(=O)NCC2CCC(c3ccnc4ccc(F)cc34)CC2)c(-c2ccc(OC(F)(F)F)cc2)[nH]1. The van der Waals surface area contributed by atoms with E-state index in [0.29, 0.717) is 35.2 Å². The number of benzene rings is 2. The van der Waals surface area contributed by atoms with Gasteiger partial charge in [0.15, 0.2) is 0 Å². The first-order valence-electron chi connectivity index (χ1n) is 12.5. The number of carbonyl (C=O) groups excluding carboxylic acids is 1. The first-order chi connectivity index (χ1) is 18.2. The second-order valence-electron chi connectivity index (χ2n) is 9.80. The average molecular weight is 526 g/mol. The Bertz CT molecular complexity index is 1440. The van der Waals surface area contributed by atoms with Crippen LogP contribution >= 0.6 is 0 Å². The van der Waals surface area contributed by atoms with Crippen LogP contribution in [0.5, 0.6) is 5.75 Å². The minimum Gasteiger partial charge on any atom is -0.406 e. The number of H-pyrrole nitrogens is 1. The summed E-state index contributed by atoms with van der Waals surface area (Å²) in [6.07, 6.45) is 0.759. The molecule has 2 aromatic carbocycles. The fourth-order valence-electron chi connectivity index (χ4n) is 5.32. The number of amides is 1. The van der Waals surface area contributed by atoms with Crippen molar-refractivity contribution in [2.24, 2.45) is 5.92 Å². The third-order valence-electron chi connectivity index (χ3n) is 7.15. The molecule has 2 N–H and O–H groups in total. The Kier molecular flexibility index (Phi) is 7.10. The van der Waals surface area contributed by atoms with Gasteiger partial charge in [-0.15, -0.1) is 13.2 Å². The van der Waals surface area contributed by atoms with Gasteiger partial charge in [0.2, 0.25) is 0 Å². The minimum atomic E-state index is -4.77. The van der Waals surface area contributed by atoms with E-state index in [9.17, 15) is 22.4 Å². The number of aryl methyl sites for hydroxylation is 1. The van der Waals surface area contributed by atoms with Gasteiger partial charge in [-0.05, 0) is 110 Å². The van der Waals surface area contributed by atoms with Gasteiger partial charge in [-0.2, -0.15) is 0 Å². The molecule has 38 heavy (non-hydrogen) atoms. The number of fused-ring (bicyclic) bond motifs is 1. The van der Waals surface area contributed by atoms with Gasteiger partial charge in [0.1, 0.15) is 11.6 Å². The van der Waals surface area contributed by atoms with E-state index < -0.39 is 6.36 Å². The summed E-state index contributed by atoms with van der Waals surface area (Å²) in [6, 6.07) is 13.8. The second-order valence-corrected chi connectivity index (χ2v) is 9.80. The molecule has 2 heterocycles. The van der Waals surface area contributed by atoms with E-state index >= 15 is 0 Å².